The van der Waals surface area contributed by atoms with E-state index in [1.165, 1.54) is 0 Å². The fourth-order valence-electron chi connectivity index (χ4n) is 2.79. The lowest BCUT2D eigenvalue weighted by Gasteiger charge is -2.09. The van der Waals surface area contributed by atoms with E-state index in [1.807, 2.05) is 62.4 Å². The number of nitrogens with zero attached hydrogens (tertiary/aromatic N) is 3. The molecule has 0 unspecified atom stereocenters. The Morgan fingerprint density at radius 2 is 1.59 bits per heavy atom. The van der Waals surface area contributed by atoms with Crippen molar-refractivity contribution in [1.82, 2.24) is 15.0 Å². The van der Waals surface area contributed by atoms with E-state index < -0.39 is 0 Å². The molecule has 2 heterocycles. The maximum atomic E-state index is 5.28. The average molecular weight is 377 g/mol. The van der Waals surface area contributed by atoms with Gasteiger partial charge in [0.25, 0.3) is 0 Å². The molecule has 0 amide bonds. The summed E-state index contributed by atoms with van der Waals surface area (Å²) in [5.74, 6) is 1.43. The molecule has 0 aliphatic heterocycles. The van der Waals surface area contributed by atoms with Gasteiger partial charge < -0.3 is 15.4 Å². The van der Waals surface area contributed by atoms with Crippen LogP contribution in [0.2, 0.25) is 0 Å². The lowest BCUT2D eigenvalue weighted by molar-refractivity contribution is 0.415. The quantitative estimate of drug-likeness (QED) is 0.498. The maximum absolute atomic E-state index is 5.28. The number of fused-ring (bicyclic) bond motifs is 1. The Hall–Kier alpha value is -3.19. The Labute approximate surface area is 161 Å². The van der Waals surface area contributed by atoms with Gasteiger partial charge in [-0.05, 0) is 56.3 Å². The van der Waals surface area contributed by atoms with Crippen LogP contribution in [-0.2, 0) is 0 Å². The lowest BCUT2D eigenvalue weighted by Crippen LogP contribution is -2.00. The molecule has 0 aliphatic rings. The highest BCUT2D eigenvalue weighted by atomic mass is 32.1. The van der Waals surface area contributed by atoms with E-state index in [0.717, 1.165) is 43.9 Å². The van der Waals surface area contributed by atoms with Crippen LogP contribution in [0, 0.1) is 13.8 Å². The number of rotatable bonds is 5. The van der Waals surface area contributed by atoms with Gasteiger partial charge in [0, 0.05) is 22.8 Å². The highest BCUT2D eigenvalue weighted by Crippen LogP contribution is 2.31. The fourth-order valence-corrected chi connectivity index (χ4v) is 3.71. The largest absolute Gasteiger partial charge is 0.497 e. The van der Waals surface area contributed by atoms with Crippen molar-refractivity contribution in [2.24, 2.45) is 0 Å². The predicted octanol–water partition coefficient (Wildman–Crippen LogP) is 5.20. The Morgan fingerprint density at radius 3 is 2.33 bits per heavy atom. The first-order valence-electron chi connectivity index (χ1n) is 8.50. The molecule has 136 valence electrons. The zero-order chi connectivity index (χ0) is 18.8. The van der Waals surface area contributed by atoms with Crippen molar-refractivity contribution in [1.29, 1.82) is 0 Å². The first-order valence-corrected chi connectivity index (χ1v) is 9.32. The van der Waals surface area contributed by atoms with E-state index in [0.29, 0.717) is 5.95 Å². The van der Waals surface area contributed by atoms with Gasteiger partial charge in [0.1, 0.15) is 5.75 Å². The third kappa shape index (κ3) is 3.98. The van der Waals surface area contributed by atoms with Crippen LogP contribution in [0.15, 0.2) is 48.5 Å². The number of anilines is 4. The highest BCUT2D eigenvalue weighted by molar-refractivity contribution is 7.22. The van der Waals surface area contributed by atoms with Gasteiger partial charge in [-0.15, -0.1) is 0 Å². The number of hydrogen-bond acceptors (Lipinski definition) is 7. The number of methoxy groups -OCH3 is 1. The van der Waals surface area contributed by atoms with Gasteiger partial charge in [0.2, 0.25) is 5.95 Å². The van der Waals surface area contributed by atoms with E-state index in [4.69, 9.17) is 4.74 Å². The lowest BCUT2D eigenvalue weighted by atomic mass is 10.3. The number of nitrogens with one attached hydrogen (secondary N) is 2. The van der Waals surface area contributed by atoms with Crippen molar-refractivity contribution >= 4 is 44.0 Å². The van der Waals surface area contributed by atoms with E-state index in [9.17, 15) is 0 Å². The summed E-state index contributed by atoms with van der Waals surface area (Å²) in [6.07, 6.45) is 0. The van der Waals surface area contributed by atoms with Gasteiger partial charge in [0.15, 0.2) is 5.13 Å². The second-order valence-electron chi connectivity index (χ2n) is 6.16. The van der Waals surface area contributed by atoms with Crippen LogP contribution in [0.25, 0.3) is 10.2 Å². The molecule has 2 aromatic carbocycles. The van der Waals surface area contributed by atoms with Crippen LogP contribution < -0.4 is 15.4 Å². The van der Waals surface area contributed by atoms with Crippen LogP contribution in [0.5, 0.6) is 5.75 Å². The molecule has 0 bridgehead atoms. The van der Waals surface area contributed by atoms with E-state index in [1.54, 1.807) is 18.4 Å². The molecule has 2 N–H and O–H groups in total. The molecular weight excluding hydrogens is 358 g/mol. The Balaban J connectivity index is 1.55. The number of benzene rings is 2. The van der Waals surface area contributed by atoms with E-state index >= 15 is 0 Å². The molecule has 0 aliphatic carbocycles. The summed E-state index contributed by atoms with van der Waals surface area (Å²) in [6.45, 7) is 3.92. The van der Waals surface area contributed by atoms with E-state index in [-0.39, 0.29) is 0 Å². The third-order valence-corrected chi connectivity index (χ3v) is 4.88. The standard InChI is InChI=1S/C20H19N5OS/c1-12-9-13(2)22-19(21-12)23-14-5-4-6-15(10-14)24-20-25-17-8-7-16(26-3)11-18(17)27-20/h4-11H,1-3H3,(H,24,25)(H,21,22,23). The number of aromatic nitrogens is 3. The van der Waals surface area contributed by atoms with Crippen LogP contribution >= 0.6 is 11.3 Å². The molecular formula is C20H19N5OS. The first kappa shape index (κ1) is 17.2. The third-order valence-electron chi connectivity index (χ3n) is 3.95. The molecule has 2 aromatic heterocycles. The molecule has 0 radical (unpaired) electrons. The molecule has 4 aromatic rings. The summed E-state index contributed by atoms with van der Waals surface area (Å²) in [4.78, 5) is 13.5. The molecule has 7 heteroatoms. The van der Waals surface area contributed by atoms with Crippen LogP contribution in [0.4, 0.5) is 22.5 Å². The molecule has 4 rings (SSSR count). The molecule has 0 saturated carbocycles. The molecule has 0 atom stereocenters. The first-order chi connectivity index (χ1) is 13.1. The van der Waals surface area contributed by atoms with Gasteiger partial charge in [-0.2, -0.15) is 0 Å². The summed E-state index contributed by atoms with van der Waals surface area (Å²) >= 11 is 1.59. The minimum absolute atomic E-state index is 0.594. The molecule has 0 saturated heterocycles. The second kappa shape index (κ2) is 7.20. The number of hydrogen-bond donors (Lipinski definition) is 2. The normalized spacial score (nSPS) is 10.8. The Kier molecular flexibility index (Phi) is 4.60. The summed E-state index contributed by atoms with van der Waals surface area (Å²) in [6, 6.07) is 15.8. The van der Waals surface area contributed by atoms with Gasteiger partial charge in [-0.1, -0.05) is 17.4 Å². The average Bonchev–Trinajstić information content (AvgIpc) is 3.02. The Morgan fingerprint density at radius 1 is 0.852 bits per heavy atom. The van der Waals surface area contributed by atoms with Crippen LogP contribution in [0.3, 0.4) is 0 Å². The Bertz CT molecular complexity index is 1090. The maximum Gasteiger partial charge on any atom is 0.227 e. The minimum Gasteiger partial charge on any atom is -0.497 e. The highest BCUT2D eigenvalue weighted by Gasteiger charge is 2.07. The molecule has 27 heavy (non-hydrogen) atoms. The van der Waals surface area contributed by atoms with Gasteiger partial charge >= 0.3 is 0 Å². The monoisotopic (exact) mass is 377 g/mol. The molecule has 0 fully saturated rings. The van der Waals surface area contributed by atoms with Gasteiger partial charge in [0.05, 0.1) is 17.3 Å². The van der Waals surface area contributed by atoms with Gasteiger partial charge in [-0.3, -0.25) is 0 Å². The van der Waals surface area contributed by atoms with Crippen LogP contribution in [0.1, 0.15) is 11.4 Å². The van der Waals surface area contributed by atoms with Gasteiger partial charge in [-0.25, -0.2) is 15.0 Å². The van der Waals surface area contributed by atoms with Crippen molar-refractivity contribution < 1.29 is 4.74 Å². The van der Waals surface area contributed by atoms with Crippen molar-refractivity contribution in [3.8, 4) is 5.75 Å². The fraction of sp³-hybridized carbons (Fsp3) is 0.150. The topological polar surface area (TPSA) is 72.0 Å². The zero-order valence-corrected chi connectivity index (χ0v) is 16.1. The zero-order valence-electron chi connectivity index (χ0n) is 15.3. The number of thiazole rings is 1. The SMILES string of the molecule is COc1ccc2nc(Nc3cccc(Nc4nc(C)cc(C)n4)c3)sc2c1. The summed E-state index contributed by atoms with van der Waals surface area (Å²) in [5.41, 5.74) is 4.66. The number of aryl methyl sites for hydroxylation is 2. The summed E-state index contributed by atoms with van der Waals surface area (Å²) in [5, 5.41) is 7.45. The van der Waals surface area contributed by atoms with Crippen molar-refractivity contribution in [2.75, 3.05) is 17.7 Å². The smallest absolute Gasteiger partial charge is 0.227 e. The number of ether oxygens (including phenoxy) is 1. The van der Waals surface area contributed by atoms with Crippen LogP contribution in [-0.4, -0.2) is 22.1 Å². The predicted molar refractivity (Wildman–Crippen MR) is 111 cm³/mol. The summed E-state index contributed by atoms with van der Waals surface area (Å²) in [7, 11) is 1.67. The minimum atomic E-state index is 0.594. The van der Waals surface area contributed by atoms with Crippen molar-refractivity contribution in [3.63, 3.8) is 0 Å². The van der Waals surface area contributed by atoms with Crippen molar-refractivity contribution in [3.05, 3.63) is 59.9 Å². The molecule has 0 spiro atoms. The molecule has 6 nitrogen and oxygen atoms in total. The summed E-state index contributed by atoms with van der Waals surface area (Å²) < 4.78 is 6.36. The second-order valence-corrected chi connectivity index (χ2v) is 7.19. The van der Waals surface area contributed by atoms with E-state index in [2.05, 4.69) is 25.6 Å². The van der Waals surface area contributed by atoms with Crippen molar-refractivity contribution in [2.45, 2.75) is 13.8 Å².